The second kappa shape index (κ2) is 10.1. The molecule has 0 spiro atoms. The van der Waals surface area contributed by atoms with Crippen LogP contribution in [0, 0.1) is 11.7 Å². The van der Waals surface area contributed by atoms with E-state index in [0.29, 0.717) is 23.7 Å². The summed E-state index contributed by atoms with van der Waals surface area (Å²) < 4.78 is 22.2. The zero-order valence-electron chi connectivity index (χ0n) is 20.5. The Balaban J connectivity index is 1.58. The monoisotopic (exact) mass is 520 g/mol. The van der Waals surface area contributed by atoms with Gasteiger partial charge in [0.2, 0.25) is 5.91 Å². The number of pyridine rings is 1. The van der Waals surface area contributed by atoms with E-state index in [1.807, 2.05) is 26.0 Å². The zero-order valence-corrected chi connectivity index (χ0v) is 21.4. The molecule has 1 aliphatic carbocycles. The normalized spacial score (nSPS) is 12.1. The summed E-state index contributed by atoms with van der Waals surface area (Å²) in [7, 11) is 0. The predicted octanol–water partition coefficient (Wildman–Crippen LogP) is 5.46. The Kier molecular flexibility index (Phi) is 6.70. The van der Waals surface area contributed by atoms with Crippen LogP contribution in [0.4, 0.5) is 20.0 Å². The summed E-state index contributed by atoms with van der Waals surface area (Å²) in [5.41, 5.74) is 4.53. The lowest BCUT2D eigenvalue weighted by molar-refractivity contribution is -0.114. The van der Waals surface area contributed by atoms with E-state index in [0.717, 1.165) is 27.4 Å². The maximum Gasteiger partial charge on any atom is 0.411 e. The van der Waals surface area contributed by atoms with Gasteiger partial charge in [0.25, 0.3) is 0 Å². The fourth-order valence-electron chi connectivity index (χ4n) is 4.14. The number of carbonyl (C=O) groups is 2. The molecule has 0 unspecified atom stereocenters. The van der Waals surface area contributed by atoms with Crippen LogP contribution in [-0.2, 0) is 22.4 Å². The average Bonchev–Trinajstić information content (AvgIpc) is 3.44. The molecule has 0 atom stereocenters. The van der Waals surface area contributed by atoms with Crippen molar-refractivity contribution in [1.82, 2.24) is 19.7 Å². The second-order valence-electron chi connectivity index (χ2n) is 9.09. The van der Waals surface area contributed by atoms with Crippen LogP contribution in [-0.4, -0.2) is 38.4 Å². The average molecular weight is 521 g/mol. The number of ether oxygens (including phenoxy) is 1. The highest BCUT2D eigenvalue weighted by Crippen LogP contribution is 2.44. The molecule has 5 rings (SSSR count). The van der Waals surface area contributed by atoms with Gasteiger partial charge in [0.15, 0.2) is 10.9 Å². The molecule has 4 aromatic rings. The first-order valence-electron chi connectivity index (χ1n) is 11.8. The summed E-state index contributed by atoms with van der Waals surface area (Å²) in [4.78, 5) is 33.3. The molecule has 9 nitrogen and oxygen atoms in total. The molecular weight excluding hydrogens is 495 g/mol. The molecule has 0 aliphatic heterocycles. The SMILES string of the molecule is CC(=O)Nc1nc2c(s1)-c1c(c(-c3cccnc3)nn1-c1ccc(NC(=O)OCC(C)C)cc1F)CC2. The van der Waals surface area contributed by atoms with Gasteiger partial charge in [-0.2, -0.15) is 5.10 Å². The van der Waals surface area contributed by atoms with Crippen molar-refractivity contribution in [3.05, 3.63) is 59.8 Å². The Hall–Kier alpha value is -4.12. The number of fused-ring (bicyclic) bond motifs is 3. The van der Waals surface area contributed by atoms with Gasteiger partial charge in [-0.05, 0) is 49.1 Å². The number of nitrogens with zero attached hydrogens (tertiary/aromatic N) is 4. The number of nitrogens with one attached hydrogen (secondary N) is 2. The number of hydrogen-bond acceptors (Lipinski definition) is 7. The molecule has 0 radical (unpaired) electrons. The number of halogens is 1. The lowest BCUT2D eigenvalue weighted by Crippen LogP contribution is -2.17. The second-order valence-corrected chi connectivity index (χ2v) is 10.1. The molecule has 2 N–H and O–H groups in total. The topological polar surface area (TPSA) is 111 Å². The molecule has 0 saturated carbocycles. The number of aryl methyl sites for hydroxylation is 1. The molecule has 37 heavy (non-hydrogen) atoms. The van der Waals surface area contributed by atoms with E-state index in [4.69, 9.17) is 9.84 Å². The number of aromatic nitrogens is 4. The predicted molar refractivity (Wildman–Crippen MR) is 139 cm³/mol. The standard InChI is InChI=1S/C26H25FN6O3S/c1-14(2)13-36-26(35)30-17-6-9-21(19(27)11-17)33-23-18(22(32-33)16-5-4-10-28-12-16)7-8-20-24(23)37-25(31-20)29-15(3)34/h4-6,9-12,14H,7-8,13H2,1-3H3,(H,30,35)(H,29,31,34). The van der Waals surface area contributed by atoms with E-state index < -0.39 is 11.9 Å². The summed E-state index contributed by atoms with van der Waals surface area (Å²) in [5.74, 6) is -0.590. The van der Waals surface area contributed by atoms with Crippen molar-refractivity contribution in [3.8, 4) is 27.5 Å². The number of hydrogen-bond donors (Lipinski definition) is 2. The van der Waals surface area contributed by atoms with Gasteiger partial charge in [0.05, 0.1) is 28.6 Å². The van der Waals surface area contributed by atoms with Gasteiger partial charge in [-0.25, -0.2) is 18.9 Å². The molecule has 1 aliphatic rings. The zero-order chi connectivity index (χ0) is 26.1. The third-order valence-electron chi connectivity index (χ3n) is 5.70. The molecule has 11 heteroatoms. The Labute approximate surface area is 216 Å². The van der Waals surface area contributed by atoms with Gasteiger partial charge >= 0.3 is 6.09 Å². The van der Waals surface area contributed by atoms with E-state index in [-0.39, 0.29) is 29.8 Å². The van der Waals surface area contributed by atoms with Crippen molar-refractivity contribution < 1.29 is 18.7 Å². The maximum atomic E-state index is 15.5. The van der Waals surface area contributed by atoms with Gasteiger partial charge in [0, 0.05) is 36.1 Å². The van der Waals surface area contributed by atoms with Crippen LogP contribution in [0.3, 0.4) is 0 Å². The van der Waals surface area contributed by atoms with Crippen LogP contribution in [0.15, 0.2) is 42.7 Å². The Morgan fingerprint density at radius 3 is 2.76 bits per heavy atom. The van der Waals surface area contributed by atoms with Crippen molar-refractivity contribution in [1.29, 1.82) is 0 Å². The van der Waals surface area contributed by atoms with Crippen molar-refractivity contribution in [2.45, 2.75) is 33.6 Å². The van der Waals surface area contributed by atoms with Crippen molar-refractivity contribution in [2.24, 2.45) is 5.92 Å². The molecule has 0 saturated heterocycles. The highest BCUT2D eigenvalue weighted by Gasteiger charge is 2.30. The van der Waals surface area contributed by atoms with Crippen LogP contribution in [0.25, 0.3) is 27.5 Å². The first-order valence-corrected chi connectivity index (χ1v) is 12.7. The van der Waals surface area contributed by atoms with E-state index >= 15 is 4.39 Å². The maximum absolute atomic E-state index is 15.5. The lowest BCUT2D eigenvalue weighted by Gasteiger charge is -2.15. The summed E-state index contributed by atoms with van der Waals surface area (Å²) in [5, 5.41) is 10.6. The first-order chi connectivity index (χ1) is 17.8. The molecule has 0 bridgehead atoms. The first kappa shape index (κ1) is 24.6. The molecule has 1 aromatic carbocycles. The van der Waals surface area contributed by atoms with Gasteiger partial charge in [0.1, 0.15) is 5.69 Å². The smallest absolute Gasteiger partial charge is 0.411 e. The Bertz CT molecular complexity index is 1480. The molecule has 2 amide bonds. The number of rotatable bonds is 6. The summed E-state index contributed by atoms with van der Waals surface area (Å²) in [6.45, 7) is 5.56. The summed E-state index contributed by atoms with van der Waals surface area (Å²) >= 11 is 1.33. The number of thiazole rings is 1. The van der Waals surface area contributed by atoms with Crippen molar-refractivity contribution >= 4 is 34.2 Å². The summed E-state index contributed by atoms with van der Waals surface area (Å²) in [6.07, 6.45) is 4.09. The number of anilines is 2. The van der Waals surface area contributed by atoms with Crippen LogP contribution < -0.4 is 10.6 Å². The number of benzene rings is 1. The third kappa shape index (κ3) is 5.08. The van der Waals surface area contributed by atoms with Crippen LogP contribution in [0.1, 0.15) is 32.0 Å². The number of carbonyl (C=O) groups excluding carboxylic acids is 2. The molecule has 3 aromatic heterocycles. The highest BCUT2D eigenvalue weighted by molar-refractivity contribution is 7.19. The van der Waals surface area contributed by atoms with Gasteiger partial charge in [-0.3, -0.25) is 15.1 Å². The Morgan fingerprint density at radius 1 is 1.22 bits per heavy atom. The molecule has 3 heterocycles. The van der Waals surface area contributed by atoms with E-state index in [2.05, 4.69) is 20.6 Å². The van der Waals surface area contributed by atoms with Crippen molar-refractivity contribution in [2.75, 3.05) is 17.2 Å². The van der Waals surface area contributed by atoms with E-state index in [1.165, 1.54) is 24.3 Å². The van der Waals surface area contributed by atoms with Gasteiger partial charge < -0.3 is 10.1 Å². The van der Waals surface area contributed by atoms with Gasteiger partial charge in [-0.15, -0.1) is 0 Å². The van der Waals surface area contributed by atoms with Crippen molar-refractivity contribution in [3.63, 3.8) is 0 Å². The fourth-order valence-corrected chi connectivity index (χ4v) is 5.25. The van der Waals surface area contributed by atoms with Crippen LogP contribution in [0.2, 0.25) is 0 Å². The van der Waals surface area contributed by atoms with E-state index in [9.17, 15) is 9.59 Å². The highest BCUT2D eigenvalue weighted by atomic mass is 32.1. The lowest BCUT2D eigenvalue weighted by atomic mass is 9.95. The van der Waals surface area contributed by atoms with Crippen LogP contribution >= 0.6 is 11.3 Å². The molecule has 190 valence electrons. The van der Waals surface area contributed by atoms with Crippen LogP contribution in [0.5, 0.6) is 0 Å². The molecule has 0 fully saturated rings. The minimum Gasteiger partial charge on any atom is -0.449 e. The summed E-state index contributed by atoms with van der Waals surface area (Å²) in [6, 6.07) is 8.15. The fraction of sp³-hybridized carbons (Fsp3) is 0.269. The number of amides is 2. The third-order valence-corrected chi connectivity index (χ3v) is 6.72. The van der Waals surface area contributed by atoms with E-state index in [1.54, 1.807) is 29.2 Å². The minimum absolute atomic E-state index is 0.188. The quantitative estimate of drug-likeness (QED) is 0.349. The molecular formula is C26H25FN6O3S. The van der Waals surface area contributed by atoms with Gasteiger partial charge in [-0.1, -0.05) is 25.2 Å². The Morgan fingerprint density at radius 2 is 2.05 bits per heavy atom. The largest absolute Gasteiger partial charge is 0.449 e. The minimum atomic E-state index is -0.643.